The highest BCUT2D eigenvalue weighted by atomic mass is 32.2. The molecule has 220 valence electrons. The van der Waals surface area contributed by atoms with Gasteiger partial charge in [0.2, 0.25) is 12.7 Å². The van der Waals surface area contributed by atoms with Gasteiger partial charge < -0.3 is 28.7 Å². The SMILES string of the molecule is COc1cc2c(cc1OC)C(C(=O)N1CCN(Cc3ccc4c(c3)OCO4)CC1)C(c1ccc(SC)cc1)N(C)C2=O. The van der Waals surface area contributed by atoms with E-state index in [-0.39, 0.29) is 18.6 Å². The number of methoxy groups -OCH3 is 2. The molecule has 0 spiro atoms. The molecule has 3 heterocycles. The minimum atomic E-state index is -0.594. The zero-order chi connectivity index (χ0) is 29.4. The summed E-state index contributed by atoms with van der Waals surface area (Å²) >= 11 is 1.66. The fourth-order valence-electron chi connectivity index (χ4n) is 6.15. The van der Waals surface area contributed by atoms with Crippen LogP contribution in [0.4, 0.5) is 0 Å². The Balaban J connectivity index is 1.29. The van der Waals surface area contributed by atoms with Crippen LogP contribution in [0.15, 0.2) is 59.5 Å². The van der Waals surface area contributed by atoms with Gasteiger partial charge >= 0.3 is 0 Å². The van der Waals surface area contributed by atoms with Gasteiger partial charge in [0.25, 0.3) is 5.91 Å². The summed E-state index contributed by atoms with van der Waals surface area (Å²) in [7, 11) is 4.89. The molecule has 3 aromatic carbocycles. The van der Waals surface area contributed by atoms with Crippen LogP contribution in [0.2, 0.25) is 0 Å². The van der Waals surface area contributed by atoms with Crippen LogP contribution in [0, 0.1) is 0 Å². The van der Waals surface area contributed by atoms with Crippen LogP contribution in [0.1, 0.15) is 39.0 Å². The van der Waals surface area contributed by atoms with Crippen molar-refractivity contribution in [2.45, 2.75) is 23.4 Å². The average molecular weight is 590 g/mol. The second-order valence-corrected chi connectivity index (χ2v) is 11.6. The Morgan fingerprint density at radius 3 is 2.31 bits per heavy atom. The number of hydrogen-bond donors (Lipinski definition) is 0. The van der Waals surface area contributed by atoms with Crippen molar-refractivity contribution in [1.82, 2.24) is 14.7 Å². The highest BCUT2D eigenvalue weighted by Crippen LogP contribution is 2.46. The highest BCUT2D eigenvalue weighted by Gasteiger charge is 2.45. The molecule has 2 amide bonds. The first kappa shape index (κ1) is 28.2. The zero-order valence-corrected chi connectivity index (χ0v) is 25.1. The van der Waals surface area contributed by atoms with E-state index < -0.39 is 12.0 Å². The predicted octanol–water partition coefficient (Wildman–Crippen LogP) is 4.41. The Morgan fingerprint density at radius 1 is 0.929 bits per heavy atom. The first-order valence-corrected chi connectivity index (χ1v) is 15.2. The maximum Gasteiger partial charge on any atom is 0.254 e. The lowest BCUT2D eigenvalue weighted by molar-refractivity contribution is -0.136. The molecule has 1 saturated heterocycles. The maximum atomic E-state index is 14.5. The van der Waals surface area contributed by atoms with Crippen molar-refractivity contribution in [3.05, 3.63) is 76.9 Å². The van der Waals surface area contributed by atoms with Gasteiger partial charge in [0, 0.05) is 50.2 Å². The molecule has 0 aliphatic carbocycles. The molecule has 42 heavy (non-hydrogen) atoms. The Hall–Kier alpha value is -3.89. The number of fused-ring (bicyclic) bond motifs is 2. The third kappa shape index (κ3) is 5.13. The molecule has 0 aromatic heterocycles. The van der Waals surface area contributed by atoms with Crippen molar-refractivity contribution in [2.24, 2.45) is 0 Å². The van der Waals surface area contributed by atoms with E-state index in [1.807, 2.05) is 47.6 Å². The molecule has 9 nitrogen and oxygen atoms in total. The van der Waals surface area contributed by atoms with Gasteiger partial charge in [-0.1, -0.05) is 18.2 Å². The molecule has 6 rings (SSSR count). The lowest BCUT2D eigenvalue weighted by Gasteiger charge is -2.43. The molecular weight excluding hydrogens is 554 g/mol. The van der Waals surface area contributed by atoms with E-state index in [9.17, 15) is 9.59 Å². The highest BCUT2D eigenvalue weighted by molar-refractivity contribution is 7.98. The van der Waals surface area contributed by atoms with Gasteiger partial charge in [-0.15, -0.1) is 11.8 Å². The van der Waals surface area contributed by atoms with E-state index in [2.05, 4.69) is 11.0 Å². The molecule has 0 radical (unpaired) electrons. The van der Waals surface area contributed by atoms with Crippen molar-refractivity contribution in [1.29, 1.82) is 0 Å². The van der Waals surface area contributed by atoms with Crippen molar-refractivity contribution < 1.29 is 28.5 Å². The molecule has 0 N–H and O–H groups in total. The van der Waals surface area contributed by atoms with Gasteiger partial charge in [-0.2, -0.15) is 0 Å². The van der Waals surface area contributed by atoms with Gasteiger partial charge in [0.15, 0.2) is 23.0 Å². The summed E-state index contributed by atoms with van der Waals surface area (Å²) < 4.78 is 22.1. The van der Waals surface area contributed by atoms with E-state index in [1.165, 1.54) is 0 Å². The average Bonchev–Trinajstić information content (AvgIpc) is 3.50. The van der Waals surface area contributed by atoms with Gasteiger partial charge in [-0.3, -0.25) is 14.5 Å². The fourth-order valence-corrected chi connectivity index (χ4v) is 6.56. The lowest BCUT2D eigenvalue weighted by atomic mass is 9.78. The molecular formula is C32H35N3O6S. The summed E-state index contributed by atoms with van der Waals surface area (Å²) in [5.41, 5.74) is 3.20. The van der Waals surface area contributed by atoms with Gasteiger partial charge in [0.1, 0.15) is 0 Å². The summed E-state index contributed by atoms with van der Waals surface area (Å²) in [5, 5.41) is 0. The Labute approximate surface area is 250 Å². The monoisotopic (exact) mass is 589 g/mol. The molecule has 3 aliphatic heterocycles. The maximum absolute atomic E-state index is 14.5. The van der Waals surface area contributed by atoms with Crippen molar-refractivity contribution in [2.75, 3.05) is 60.5 Å². The summed E-state index contributed by atoms with van der Waals surface area (Å²) in [6, 6.07) is 17.2. The van der Waals surface area contributed by atoms with E-state index in [1.54, 1.807) is 50.1 Å². The first-order chi connectivity index (χ1) is 20.4. The number of ether oxygens (including phenoxy) is 4. The van der Waals surface area contributed by atoms with Gasteiger partial charge in [-0.05, 0) is 59.3 Å². The normalized spacial score (nSPS) is 20.0. The topological polar surface area (TPSA) is 80.8 Å². The first-order valence-electron chi connectivity index (χ1n) is 14.0. The number of likely N-dealkylation sites (N-methyl/N-ethyl adjacent to an activating group) is 1. The fraction of sp³-hybridized carbons (Fsp3) is 0.375. The van der Waals surface area contributed by atoms with Crippen molar-refractivity contribution in [3.63, 3.8) is 0 Å². The van der Waals surface area contributed by atoms with Crippen LogP contribution in [0.25, 0.3) is 0 Å². The van der Waals surface area contributed by atoms with Crippen LogP contribution < -0.4 is 18.9 Å². The van der Waals surface area contributed by atoms with Crippen LogP contribution in [0.5, 0.6) is 23.0 Å². The lowest BCUT2D eigenvalue weighted by Crippen LogP contribution is -2.52. The number of carbonyl (C=O) groups is 2. The smallest absolute Gasteiger partial charge is 0.254 e. The summed E-state index contributed by atoms with van der Waals surface area (Å²) in [6.07, 6.45) is 2.03. The van der Waals surface area contributed by atoms with Crippen LogP contribution in [-0.2, 0) is 11.3 Å². The molecule has 2 unspecified atom stereocenters. The number of rotatable bonds is 7. The van der Waals surface area contributed by atoms with Crippen LogP contribution in [0.3, 0.4) is 0 Å². The molecule has 3 aromatic rings. The number of amides is 2. The minimum Gasteiger partial charge on any atom is -0.493 e. The van der Waals surface area contributed by atoms with Crippen LogP contribution >= 0.6 is 11.8 Å². The number of carbonyl (C=O) groups excluding carboxylic acids is 2. The third-order valence-corrected chi connectivity index (χ3v) is 9.17. The quantitative estimate of drug-likeness (QED) is 0.375. The molecule has 10 heteroatoms. The molecule has 2 atom stereocenters. The number of thioether (sulfide) groups is 1. The standard InChI is InChI=1S/C32H35N3O6S/c1-33-30(21-6-8-22(42-4)9-7-21)29(23-16-26(38-2)27(39-3)17-24(23)31(33)36)32(37)35-13-11-34(12-14-35)18-20-5-10-25-28(15-20)41-19-40-25/h5-10,15-17,29-30H,11-14,18-19H2,1-4H3. The summed E-state index contributed by atoms with van der Waals surface area (Å²) in [6.45, 7) is 3.70. The number of benzene rings is 3. The van der Waals surface area contributed by atoms with E-state index in [4.69, 9.17) is 18.9 Å². The second-order valence-electron chi connectivity index (χ2n) is 10.7. The largest absolute Gasteiger partial charge is 0.493 e. The van der Waals surface area contributed by atoms with E-state index in [0.717, 1.165) is 47.2 Å². The Morgan fingerprint density at radius 2 is 1.62 bits per heavy atom. The molecule has 3 aliphatic rings. The Kier molecular flexibility index (Phi) is 7.92. The van der Waals surface area contributed by atoms with Gasteiger partial charge in [0.05, 0.1) is 26.2 Å². The molecule has 0 saturated carbocycles. The molecule has 1 fully saturated rings. The van der Waals surface area contributed by atoms with E-state index >= 15 is 0 Å². The Bertz CT molecular complexity index is 1490. The minimum absolute atomic E-state index is 0.00416. The number of piperazine rings is 1. The number of hydrogen-bond acceptors (Lipinski definition) is 8. The van der Waals surface area contributed by atoms with Crippen molar-refractivity contribution >= 4 is 23.6 Å². The third-order valence-electron chi connectivity index (χ3n) is 8.43. The molecule has 0 bridgehead atoms. The van der Waals surface area contributed by atoms with Crippen molar-refractivity contribution in [3.8, 4) is 23.0 Å². The number of nitrogens with zero attached hydrogens (tertiary/aromatic N) is 3. The zero-order valence-electron chi connectivity index (χ0n) is 24.3. The van der Waals surface area contributed by atoms with E-state index in [0.29, 0.717) is 35.7 Å². The summed E-state index contributed by atoms with van der Waals surface area (Å²) in [4.78, 5) is 35.3. The van der Waals surface area contributed by atoms with Gasteiger partial charge in [-0.25, -0.2) is 0 Å². The summed E-state index contributed by atoms with van der Waals surface area (Å²) in [5.74, 6) is 1.77. The van der Waals surface area contributed by atoms with Crippen LogP contribution in [-0.4, -0.2) is 87.0 Å². The second kappa shape index (κ2) is 11.8. The predicted molar refractivity (Wildman–Crippen MR) is 160 cm³/mol.